The molecule has 0 radical (unpaired) electrons. The van der Waals surface area contributed by atoms with E-state index in [0.29, 0.717) is 22.7 Å². The number of fused-ring (bicyclic) bond motifs is 1. The van der Waals surface area contributed by atoms with Crippen molar-refractivity contribution in [3.05, 3.63) is 63.1 Å². The van der Waals surface area contributed by atoms with E-state index in [1.54, 1.807) is 0 Å². The normalized spacial score (nSPS) is 21.5. The highest BCUT2D eigenvalue weighted by molar-refractivity contribution is 6.35. The molecule has 1 fully saturated rings. The molecule has 148 valence electrons. The number of halogens is 2. The zero-order valence-corrected chi connectivity index (χ0v) is 17.3. The lowest BCUT2D eigenvalue weighted by Gasteiger charge is -2.24. The molecule has 1 saturated heterocycles. The van der Waals surface area contributed by atoms with Gasteiger partial charge in [0.2, 0.25) is 0 Å². The molecule has 4 rings (SSSR count). The molecule has 2 aromatic rings. The molecule has 28 heavy (non-hydrogen) atoms. The van der Waals surface area contributed by atoms with Gasteiger partial charge in [0.15, 0.2) is 0 Å². The summed E-state index contributed by atoms with van der Waals surface area (Å²) in [5.41, 5.74) is 3.46. The van der Waals surface area contributed by atoms with E-state index in [1.807, 2.05) is 24.3 Å². The first-order valence-corrected chi connectivity index (χ1v) is 10.3. The van der Waals surface area contributed by atoms with Gasteiger partial charge in [-0.05, 0) is 61.2 Å². The van der Waals surface area contributed by atoms with E-state index in [1.165, 1.54) is 18.2 Å². The van der Waals surface area contributed by atoms with Crippen LogP contribution in [0.1, 0.15) is 35.6 Å². The summed E-state index contributed by atoms with van der Waals surface area (Å²) >= 11 is 12.4. The SMILES string of the molecule is COC(=O)C1CCN(C2CCc3cc(OCc4c(Cl)cccc4Cl)ccc32)C1. The Labute approximate surface area is 175 Å². The largest absolute Gasteiger partial charge is 0.489 e. The minimum Gasteiger partial charge on any atom is -0.489 e. The van der Waals surface area contributed by atoms with Crippen LogP contribution in [0.25, 0.3) is 0 Å². The summed E-state index contributed by atoms with van der Waals surface area (Å²) in [6.07, 6.45) is 2.96. The van der Waals surface area contributed by atoms with Crippen molar-refractivity contribution in [3.8, 4) is 5.75 Å². The Bertz CT molecular complexity index is 866. The van der Waals surface area contributed by atoms with Crippen molar-refractivity contribution in [2.45, 2.75) is 31.9 Å². The second-order valence-electron chi connectivity index (χ2n) is 7.41. The van der Waals surface area contributed by atoms with Crippen molar-refractivity contribution in [2.75, 3.05) is 20.2 Å². The maximum absolute atomic E-state index is 11.8. The number of aryl methyl sites for hydroxylation is 1. The van der Waals surface area contributed by atoms with Gasteiger partial charge in [-0.3, -0.25) is 9.69 Å². The van der Waals surface area contributed by atoms with Gasteiger partial charge in [-0.25, -0.2) is 0 Å². The fourth-order valence-electron chi connectivity index (χ4n) is 4.30. The van der Waals surface area contributed by atoms with E-state index in [2.05, 4.69) is 17.0 Å². The summed E-state index contributed by atoms with van der Waals surface area (Å²) in [4.78, 5) is 14.2. The Kier molecular flexibility index (Phi) is 5.81. The van der Waals surface area contributed by atoms with Crippen LogP contribution in [-0.4, -0.2) is 31.1 Å². The molecule has 0 N–H and O–H groups in total. The number of rotatable bonds is 5. The predicted octanol–water partition coefficient (Wildman–Crippen LogP) is 5.05. The van der Waals surface area contributed by atoms with Crippen molar-refractivity contribution in [1.82, 2.24) is 4.90 Å². The number of carbonyl (C=O) groups excluding carboxylic acids is 1. The van der Waals surface area contributed by atoms with E-state index >= 15 is 0 Å². The van der Waals surface area contributed by atoms with Crippen molar-refractivity contribution in [2.24, 2.45) is 5.92 Å². The van der Waals surface area contributed by atoms with Gasteiger partial charge in [0.25, 0.3) is 0 Å². The van der Waals surface area contributed by atoms with Gasteiger partial charge in [-0.15, -0.1) is 0 Å². The van der Waals surface area contributed by atoms with Crippen LogP contribution in [0.4, 0.5) is 0 Å². The Morgan fingerprint density at radius 3 is 2.71 bits per heavy atom. The van der Waals surface area contributed by atoms with Crippen LogP contribution in [0.5, 0.6) is 5.75 Å². The molecule has 2 aliphatic rings. The lowest BCUT2D eigenvalue weighted by molar-refractivity contribution is -0.145. The molecular formula is C22H23Cl2NO3. The standard InChI is InChI=1S/C22H23Cl2NO3/c1-27-22(26)15-9-10-25(12-15)21-8-5-14-11-16(6-7-17(14)21)28-13-18-19(23)3-2-4-20(18)24/h2-4,6-7,11,15,21H,5,8-10,12-13H2,1H3. The Balaban J connectivity index is 1.43. The van der Waals surface area contributed by atoms with E-state index < -0.39 is 0 Å². The van der Waals surface area contributed by atoms with Crippen molar-refractivity contribution in [3.63, 3.8) is 0 Å². The Morgan fingerprint density at radius 1 is 1.18 bits per heavy atom. The summed E-state index contributed by atoms with van der Waals surface area (Å²) in [7, 11) is 1.47. The molecule has 0 aromatic heterocycles. The van der Waals surface area contributed by atoms with Crippen LogP contribution >= 0.6 is 23.2 Å². The number of ether oxygens (including phenoxy) is 2. The second kappa shape index (κ2) is 8.32. The number of esters is 1. The summed E-state index contributed by atoms with van der Waals surface area (Å²) < 4.78 is 10.9. The number of benzene rings is 2. The van der Waals surface area contributed by atoms with Crippen LogP contribution in [0.15, 0.2) is 36.4 Å². The Morgan fingerprint density at radius 2 is 1.96 bits per heavy atom. The van der Waals surface area contributed by atoms with Gasteiger partial charge in [-0.1, -0.05) is 35.3 Å². The average Bonchev–Trinajstić information content (AvgIpc) is 3.33. The van der Waals surface area contributed by atoms with E-state index in [9.17, 15) is 4.79 Å². The smallest absolute Gasteiger partial charge is 0.310 e. The molecule has 0 amide bonds. The third kappa shape index (κ3) is 3.86. The first-order valence-electron chi connectivity index (χ1n) is 9.57. The van der Waals surface area contributed by atoms with Crippen molar-refractivity contribution < 1.29 is 14.3 Å². The van der Waals surface area contributed by atoms with Crippen LogP contribution in [-0.2, 0) is 22.6 Å². The third-order valence-corrected chi connectivity index (χ3v) is 6.51. The lowest BCUT2D eigenvalue weighted by Crippen LogP contribution is -2.27. The molecule has 0 spiro atoms. The molecule has 2 aromatic carbocycles. The molecule has 0 bridgehead atoms. The number of methoxy groups -OCH3 is 1. The zero-order valence-electron chi connectivity index (χ0n) is 15.8. The molecule has 1 aliphatic carbocycles. The highest BCUT2D eigenvalue weighted by Crippen LogP contribution is 2.40. The van der Waals surface area contributed by atoms with Gasteiger partial charge in [0.1, 0.15) is 12.4 Å². The van der Waals surface area contributed by atoms with Crippen LogP contribution in [0.2, 0.25) is 10.0 Å². The van der Waals surface area contributed by atoms with E-state index in [0.717, 1.165) is 43.7 Å². The summed E-state index contributed by atoms with van der Waals surface area (Å²) in [5.74, 6) is 0.726. The average molecular weight is 420 g/mol. The molecule has 2 unspecified atom stereocenters. The fourth-order valence-corrected chi connectivity index (χ4v) is 4.80. The van der Waals surface area contributed by atoms with Gasteiger partial charge in [-0.2, -0.15) is 0 Å². The van der Waals surface area contributed by atoms with Gasteiger partial charge in [0.05, 0.1) is 13.0 Å². The minimum atomic E-state index is -0.0947. The van der Waals surface area contributed by atoms with Crippen LogP contribution in [0.3, 0.4) is 0 Å². The third-order valence-electron chi connectivity index (χ3n) is 5.80. The highest BCUT2D eigenvalue weighted by Gasteiger charge is 2.36. The molecule has 0 saturated carbocycles. The quantitative estimate of drug-likeness (QED) is 0.635. The second-order valence-corrected chi connectivity index (χ2v) is 8.22. The monoisotopic (exact) mass is 419 g/mol. The summed E-state index contributed by atoms with van der Waals surface area (Å²) in [5, 5.41) is 1.23. The number of hydrogen-bond acceptors (Lipinski definition) is 4. The molecule has 4 nitrogen and oxygen atoms in total. The number of hydrogen-bond donors (Lipinski definition) is 0. The highest BCUT2D eigenvalue weighted by atomic mass is 35.5. The number of likely N-dealkylation sites (tertiary alicyclic amines) is 1. The zero-order chi connectivity index (χ0) is 19.7. The molecule has 1 heterocycles. The maximum atomic E-state index is 11.8. The molecule has 6 heteroatoms. The summed E-state index contributed by atoms with van der Waals surface area (Å²) in [6.45, 7) is 2.06. The Hall–Kier alpha value is -1.75. The summed E-state index contributed by atoms with van der Waals surface area (Å²) in [6, 6.07) is 12.1. The fraction of sp³-hybridized carbons (Fsp3) is 0.409. The maximum Gasteiger partial charge on any atom is 0.310 e. The molecule has 2 atom stereocenters. The van der Waals surface area contributed by atoms with Gasteiger partial charge in [0, 0.05) is 28.2 Å². The van der Waals surface area contributed by atoms with Crippen LogP contribution < -0.4 is 4.74 Å². The van der Waals surface area contributed by atoms with Gasteiger partial charge < -0.3 is 9.47 Å². The first kappa shape index (κ1) is 19.6. The van der Waals surface area contributed by atoms with Gasteiger partial charge >= 0.3 is 5.97 Å². The first-order chi connectivity index (χ1) is 13.6. The van der Waals surface area contributed by atoms with Crippen molar-refractivity contribution >= 4 is 29.2 Å². The minimum absolute atomic E-state index is 0.00275. The van der Waals surface area contributed by atoms with E-state index in [4.69, 9.17) is 32.7 Å². The molecule has 1 aliphatic heterocycles. The number of nitrogens with zero attached hydrogens (tertiary/aromatic N) is 1. The predicted molar refractivity (Wildman–Crippen MR) is 110 cm³/mol. The number of carbonyl (C=O) groups is 1. The topological polar surface area (TPSA) is 38.8 Å². The molecular weight excluding hydrogens is 397 g/mol. The lowest BCUT2D eigenvalue weighted by atomic mass is 10.1. The van der Waals surface area contributed by atoms with Crippen LogP contribution in [0, 0.1) is 5.92 Å². The van der Waals surface area contributed by atoms with E-state index in [-0.39, 0.29) is 11.9 Å². The van der Waals surface area contributed by atoms with Crippen molar-refractivity contribution in [1.29, 1.82) is 0 Å².